The lowest BCUT2D eigenvalue weighted by atomic mass is 10.3. The molecule has 2 heterocycles. The van der Waals surface area contributed by atoms with E-state index in [1.807, 2.05) is 0 Å². The van der Waals surface area contributed by atoms with E-state index in [1.54, 1.807) is 17.1 Å². The fraction of sp³-hybridized carbons (Fsp3) is 0.727. The van der Waals surface area contributed by atoms with Gasteiger partial charge in [0.1, 0.15) is 0 Å². The molecule has 1 aromatic heterocycles. The van der Waals surface area contributed by atoms with E-state index >= 15 is 0 Å². The first-order chi connectivity index (χ1) is 8.84. The van der Waals surface area contributed by atoms with Gasteiger partial charge in [-0.2, -0.15) is 0 Å². The maximum absolute atomic E-state index is 11.6. The summed E-state index contributed by atoms with van der Waals surface area (Å²) < 4.78 is 1.66. The zero-order valence-corrected chi connectivity index (χ0v) is 11.7. The van der Waals surface area contributed by atoms with Crippen molar-refractivity contribution >= 4 is 18.3 Å². The maximum atomic E-state index is 11.6. The number of nitrogens with one attached hydrogen (secondary N) is 2. The third-order valence-corrected chi connectivity index (χ3v) is 3.00. The minimum absolute atomic E-state index is 0. The van der Waals surface area contributed by atoms with Gasteiger partial charge in [0.25, 0.3) is 0 Å². The van der Waals surface area contributed by atoms with Crippen LogP contribution in [0.25, 0.3) is 0 Å². The molecule has 8 heteroatoms. The molecular weight excluding hydrogens is 268 g/mol. The summed E-state index contributed by atoms with van der Waals surface area (Å²) in [5.74, 6) is 0.0700. The van der Waals surface area contributed by atoms with Gasteiger partial charge >= 0.3 is 0 Å². The molecule has 0 bridgehead atoms. The van der Waals surface area contributed by atoms with E-state index in [0.717, 1.165) is 39.3 Å². The van der Waals surface area contributed by atoms with Gasteiger partial charge in [0.2, 0.25) is 5.91 Å². The molecule has 1 aliphatic heterocycles. The van der Waals surface area contributed by atoms with E-state index in [2.05, 4.69) is 25.8 Å². The van der Waals surface area contributed by atoms with Crippen molar-refractivity contribution in [2.45, 2.75) is 13.0 Å². The van der Waals surface area contributed by atoms with E-state index in [9.17, 15) is 4.79 Å². The summed E-state index contributed by atoms with van der Waals surface area (Å²) in [6, 6.07) is 0. The van der Waals surface area contributed by atoms with Crippen molar-refractivity contribution in [3.63, 3.8) is 0 Å². The molecule has 0 unspecified atom stereocenters. The number of aryl methyl sites for hydroxylation is 1. The normalized spacial score (nSPS) is 15.8. The fourth-order valence-electron chi connectivity index (χ4n) is 1.94. The highest BCUT2D eigenvalue weighted by molar-refractivity contribution is 5.85. The number of piperazine rings is 1. The highest BCUT2D eigenvalue weighted by Crippen LogP contribution is 1.91. The Labute approximate surface area is 119 Å². The van der Waals surface area contributed by atoms with Gasteiger partial charge in [0.15, 0.2) is 0 Å². The van der Waals surface area contributed by atoms with Crippen LogP contribution in [0.15, 0.2) is 12.4 Å². The van der Waals surface area contributed by atoms with E-state index in [4.69, 9.17) is 0 Å². The van der Waals surface area contributed by atoms with Crippen LogP contribution in [-0.4, -0.2) is 65.1 Å². The van der Waals surface area contributed by atoms with Gasteiger partial charge in [0.05, 0.1) is 12.7 Å². The van der Waals surface area contributed by atoms with Gasteiger partial charge in [-0.15, -0.1) is 17.5 Å². The van der Waals surface area contributed by atoms with Gasteiger partial charge in [-0.05, 0) is 0 Å². The predicted molar refractivity (Wildman–Crippen MR) is 74.2 cm³/mol. The Morgan fingerprint density at radius 2 is 2.11 bits per heavy atom. The van der Waals surface area contributed by atoms with Gasteiger partial charge in [-0.3, -0.25) is 14.4 Å². The highest BCUT2D eigenvalue weighted by Gasteiger charge is 2.09. The number of rotatable bonds is 6. The molecule has 0 spiro atoms. The maximum Gasteiger partial charge on any atom is 0.221 e. The Morgan fingerprint density at radius 3 is 2.79 bits per heavy atom. The van der Waals surface area contributed by atoms with Gasteiger partial charge < -0.3 is 10.6 Å². The monoisotopic (exact) mass is 288 g/mol. The van der Waals surface area contributed by atoms with Crippen LogP contribution in [0, 0.1) is 0 Å². The van der Waals surface area contributed by atoms with Crippen LogP contribution in [0.2, 0.25) is 0 Å². The molecule has 1 aliphatic rings. The van der Waals surface area contributed by atoms with Crippen LogP contribution in [0.5, 0.6) is 0 Å². The van der Waals surface area contributed by atoms with Crippen molar-refractivity contribution < 1.29 is 4.79 Å². The summed E-state index contributed by atoms with van der Waals surface area (Å²) in [6.45, 7) is 6.44. The number of amides is 1. The van der Waals surface area contributed by atoms with Crippen molar-refractivity contribution in [1.82, 2.24) is 30.5 Å². The van der Waals surface area contributed by atoms with Crippen molar-refractivity contribution in [2.24, 2.45) is 0 Å². The van der Waals surface area contributed by atoms with Crippen molar-refractivity contribution in [3.05, 3.63) is 12.4 Å². The molecular formula is C11H21ClN6O. The second kappa shape index (κ2) is 8.84. The van der Waals surface area contributed by atoms with Gasteiger partial charge in [-0.1, -0.05) is 5.21 Å². The lowest BCUT2D eigenvalue weighted by Gasteiger charge is -2.27. The zero-order chi connectivity index (χ0) is 12.6. The molecule has 2 N–H and O–H groups in total. The Balaban J connectivity index is 0.00000180. The highest BCUT2D eigenvalue weighted by atomic mass is 35.5. The fourth-order valence-corrected chi connectivity index (χ4v) is 1.94. The van der Waals surface area contributed by atoms with E-state index < -0.39 is 0 Å². The predicted octanol–water partition coefficient (Wildman–Crippen LogP) is -0.889. The summed E-state index contributed by atoms with van der Waals surface area (Å²) in [5, 5.41) is 13.7. The third kappa shape index (κ3) is 6.00. The molecule has 1 fully saturated rings. The number of hydrogen-bond acceptors (Lipinski definition) is 5. The molecule has 0 aliphatic carbocycles. The summed E-state index contributed by atoms with van der Waals surface area (Å²) >= 11 is 0. The molecule has 0 aromatic carbocycles. The number of aromatic nitrogens is 3. The molecule has 0 radical (unpaired) electrons. The Kier molecular flexibility index (Phi) is 7.39. The standard InChI is InChI=1S/C11H20N6O.ClH/c18-11(1-6-17-10-5-14-15-17)13-4-9-16-7-2-12-3-8-16;/h5,10,12H,1-4,6-9H2,(H,13,18);1H. The molecule has 108 valence electrons. The molecule has 0 atom stereocenters. The Bertz CT molecular complexity index is 352. The molecule has 1 saturated heterocycles. The number of carbonyl (C=O) groups is 1. The van der Waals surface area contributed by atoms with Crippen LogP contribution in [-0.2, 0) is 11.3 Å². The summed E-state index contributed by atoms with van der Waals surface area (Å²) in [6.07, 6.45) is 3.82. The van der Waals surface area contributed by atoms with E-state index in [1.165, 1.54) is 0 Å². The number of halogens is 1. The summed E-state index contributed by atoms with van der Waals surface area (Å²) in [5.41, 5.74) is 0. The minimum Gasteiger partial charge on any atom is -0.355 e. The summed E-state index contributed by atoms with van der Waals surface area (Å²) in [7, 11) is 0. The quantitative estimate of drug-likeness (QED) is 0.710. The molecule has 2 rings (SSSR count). The lowest BCUT2D eigenvalue weighted by molar-refractivity contribution is -0.121. The van der Waals surface area contributed by atoms with Gasteiger partial charge in [-0.25, -0.2) is 0 Å². The van der Waals surface area contributed by atoms with E-state index in [0.29, 0.717) is 13.0 Å². The molecule has 1 amide bonds. The average molecular weight is 289 g/mol. The molecule has 7 nitrogen and oxygen atoms in total. The Hall–Kier alpha value is -1.18. The van der Waals surface area contributed by atoms with Crippen LogP contribution in [0.4, 0.5) is 0 Å². The van der Waals surface area contributed by atoms with Crippen LogP contribution >= 0.6 is 12.4 Å². The third-order valence-electron chi connectivity index (χ3n) is 3.00. The van der Waals surface area contributed by atoms with Crippen LogP contribution in [0.1, 0.15) is 6.42 Å². The molecule has 1 aromatic rings. The van der Waals surface area contributed by atoms with Crippen molar-refractivity contribution in [3.8, 4) is 0 Å². The second-order valence-corrected chi connectivity index (χ2v) is 4.36. The lowest BCUT2D eigenvalue weighted by Crippen LogP contribution is -2.46. The number of carbonyl (C=O) groups excluding carboxylic acids is 1. The largest absolute Gasteiger partial charge is 0.355 e. The van der Waals surface area contributed by atoms with E-state index in [-0.39, 0.29) is 18.3 Å². The Morgan fingerprint density at radius 1 is 1.32 bits per heavy atom. The average Bonchev–Trinajstić information content (AvgIpc) is 2.91. The zero-order valence-electron chi connectivity index (χ0n) is 10.9. The minimum atomic E-state index is 0. The smallest absolute Gasteiger partial charge is 0.221 e. The van der Waals surface area contributed by atoms with Crippen molar-refractivity contribution in [2.75, 3.05) is 39.3 Å². The number of hydrogen-bond donors (Lipinski definition) is 2. The van der Waals surface area contributed by atoms with Crippen LogP contribution in [0.3, 0.4) is 0 Å². The first-order valence-electron chi connectivity index (χ1n) is 6.38. The summed E-state index contributed by atoms with van der Waals surface area (Å²) in [4.78, 5) is 13.9. The first kappa shape index (κ1) is 15.9. The molecule has 19 heavy (non-hydrogen) atoms. The molecule has 0 saturated carbocycles. The van der Waals surface area contributed by atoms with Crippen LogP contribution < -0.4 is 10.6 Å². The number of nitrogens with zero attached hydrogens (tertiary/aromatic N) is 4. The topological polar surface area (TPSA) is 75.1 Å². The van der Waals surface area contributed by atoms with Gasteiger partial charge in [0, 0.05) is 51.9 Å². The van der Waals surface area contributed by atoms with Crippen molar-refractivity contribution in [1.29, 1.82) is 0 Å². The second-order valence-electron chi connectivity index (χ2n) is 4.36. The SMILES string of the molecule is Cl.O=C(CCn1ccnn1)NCCN1CCNCC1. The first-order valence-corrected chi connectivity index (χ1v) is 6.38.